The summed E-state index contributed by atoms with van der Waals surface area (Å²) in [6.07, 6.45) is 7.54. The summed E-state index contributed by atoms with van der Waals surface area (Å²) in [6.45, 7) is 6.30. The highest BCUT2D eigenvalue weighted by molar-refractivity contribution is 6.03. The van der Waals surface area contributed by atoms with Gasteiger partial charge in [-0.05, 0) is 31.9 Å². The van der Waals surface area contributed by atoms with E-state index in [0.29, 0.717) is 31.5 Å². The van der Waals surface area contributed by atoms with Crippen LogP contribution in [-0.4, -0.2) is 46.3 Å². The van der Waals surface area contributed by atoms with E-state index < -0.39 is 11.7 Å². The predicted molar refractivity (Wildman–Crippen MR) is 129 cm³/mol. The van der Waals surface area contributed by atoms with E-state index in [4.69, 9.17) is 23.2 Å². The second-order valence-corrected chi connectivity index (χ2v) is 7.56. The van der Waals surface area contributed by atoms with Gasteiger partial charge in [-0.15, -0.1) is 0 Å². The van der Waals surface area contributed by atoms with Gasteiger partial charge in [-0.3, -0.25) is 4.79 Å². The molecule has 10 nitrogen and oxygen atoms in total. The number of hydrazine groups is 2. The van der Waals surface area contributed by atoms with E-state index in [-0.39, 0.29) is 34.5 Å². The fraction of sp³-hybridized carbons (Fsp3) is 0.318. The maximum Gasteiger partial charge on any atom is 0.222 e. The number of carbonyl (C=O) groups is 1. The number of carbonyl (C=O) groups excluding carboxylic acids is 1. The number of nitrogens with two attached hydrogens (primary N) is 4. The molecular weight excluding hydrogens is 444 g/mol. The summed E-state index contributed by atoms with van der Waals surface area (Å²) in [5.41, 5.74) is 15.0. The summed E-state index contributed by atoms with van der Waals surface area (Å²) < 4.78 is 27.6. The van der Waals surface area contributed by atoms with Gasteiger partial charge in [0.05, 0.1) is 11.3 Å². The van der Waals surface area contributed by atoms with Crippen molar-refractivity contribution in [1.29, 1.82) is 0 Å². The molecule has 0 aliphatic carbocycles. The van der Waals surface area contributed by atoms with Crippen LogP contribution in [0.5, 0.6) is 0 Å². The zero-order chi connectivity index (χ0) is 25.3. The van der Waals surface area contributed by atoms with Crippen LogP contribution in [0.25, 0.3) is 5.70 Å². The number of amides is 1. The number of nitrogens with one attached hydrogen (secondary N) is 1. The van der Waals surface area contributed by atoms with Crippen molar-refractivity contribution in [3.05, 3.63) is 65.7 Å². The normalized spacial score (nSPS) is 16.0. The first kappa shape index (κ1) is 26.5. The summed E-state index contributed by atoms with van der Waals surface area (Å²) in [5.74, 6) is 9.48. The van der Waals surface area contributed by atoms with Gasteiger partial charge in [-0.25, -0.2) is 30.4 Å². The van der Waals surface area contributed by atoms with E-state index in [1.807, 2.05) is 4.90 Å². The average Bonchev–Trinajstić information content (AvgIpc) is 3.21. The Kier molecular flexibility index (Phi) is 9.71. The molecule has 9 N–H and O–H groups in total. The molecule has 34 heavy (non-hydrogen) atoms. The van der Waals surface area contributed by atoms with Crippen LogP contribution in [0.15, 0.2) is 59.5 Å². The highest BCUT2D eigenvalue weighted by Gasteiger charge is 2.19. The fourth-order valence-electron chi connectivity index (χ4n) is 3.26. The van der Waals surface area contributed by atoms with Gasteiger partial charge in [0.1, 0.15) is 17.3 Å². The Bertz CT molecular complexity index is 1030. The minimum atomic E-state index is -1.18. The first-order valence-corrected chi connectivity index (χ1v) is 10.6. The van der Waals surface area contributed by atoms with Crippen LogP contribution in [0.2, 0.25) is 0 Å². The number of aliphatic imine (C=N–C) groups is 1. The summed E-state index contributed by atoms with van der Waals surface area (Å²) in [5, 5.41) is 1.41. The van der Waals surface area contributed by atoms with Crippen LogP contribution in [0.4, 0.5) is 14.6 Å². The van der Waals surface area contributed by atoms with Gasteiger partial charge in [-0.2, -0.15) is 0 Å². The van der Waals surface area contributed by atoms with Gasteiger partial charge in [0.2, 0.25) is 5.91 Å². The highest BCUT2D eigenvalue weighted by atomic mass is 19.2. The van der Waals surface area contributed by atoms with Gasteiger partial charge in [-0.1, -0.05) is 12.7 Å². The first-order valence-electron chi connectivity index (χ1n) is 10.6. The summed E-state index contributed by atoms with van der Waals surface area (Å²) in [4.78, 5) is 21.6. The molecular formula is C22H31F2N9O. The highest BCUT2D eigenvalue weighted by Crippen LogP contribution is 2.22. The third-order valence-corrected chi connectivity index (χ3v) is 5.00. The Labute approximate surface area is 197 Å². The predicted octanol–water partition coefficient (Wildman–Crippen LogP) is 1.56. The third-order valence-electron chi connectivity index (χ3n) is 5.00. The van der Waals surface area contributed by atoms with Crippen molar-refractivity contribution in [2.75, 3.05) is 25.4 Å². The molecule has 184 valence electrons. The molecule has 0 unspecified atom stereocenters. The third kappa shape index (κ3) is 7.12. The molecule has 2 rings (SSSR count). The molecule has 1 aliphatic heterocycles. The lowest BCUT2D eigenvalue weighted by atomic mass is 10.1. The minimum Gasteiger partial charge on any atom is -0.397 e. The number of allylic oxidation sites excluding steroid dienone is 4. The van der Waals surface area contributed by atoms with E-state index in [9.17, 15) is 13.6 Å². The zero-order valence-corrected chi connectivity index (χ0v) is 19.1. The molecule has 1 amide bonds. The molecule has 1 aliphatic rings. The molecule has 1 aromatic heterocycles. The van der Waals surface area contributed by atoms with Crippen LogP contribution in [0.1, 0.15) is 37.3 Å². The maximum absolute atomic E-state index is 14.2. The second-order valence-electron chi connectivity index (χ2n) is 7.56. The summed E-state index contributed by atoms with van der Waals surface area (Å²) >= 11 is 0. The lowest BCUT2D eigenvalue weighted by molar-refractivity contribution is -0.127. The van der Waals surface area contributed by atoms with Crippen LogP contribution >= 0.6 is 0 Å². The van der Waals surface area contributed by atoms with Crippen molar-refractivity contribution in [2.45, 2.75) is 26.2 Å². The number of amidine groups is 1. The molecule has 2 heterocycles. The maximum atomic E-state index is 14.2. The molecule has 0 radical (unpaired) electrons. The summed E-state index contributed by atoms with van der Waals surface area (Å²) in [6, 6.07) is 1.54. The second kappa shape index (κ2) is 12.5. The number of likely N-dealkylation sites (tertiary alicyclic amines) is 1. The van der Waals surface area contributed by atoms with E-state index in [2.05, 4.69) is 22.0 Å². The van der Waals surface area contributed by atoms with Gasteiger partial charge >= 0.3 is 0 Å². The molecule has 1 fully saturated rings. The van der Waals surface area contributed by atoms with Gasteiger partial charge in [0, 0.05) is 44.0 Å². The Balaban J connectivity index is 2.22. The number of nitrogen functional groups attached to an aromatic ring is 1. The van der Waals surface area contributed by atoms with Crippen molar-refractivity contribution < 1.29 is 13.6 Å². The zero-order valence-electron chi connectivity index (χ0n) is 19.1. The van der Waals surface area contributed by atoms with E-state index in [0.717, 1.165) is 19.9 Å². The monoisotopic (exact) mass is 475 g/mol. The standard InChI is InChI=1S/C22H31F2N9O/c1-3-6-18(20(24)14(2)23)30-22(31-27)16-11-15(12-29-21(16)26)17(25)13-33(28)10-5-9-32-8-4-7-19(32)34/h3,6,11-13H,1,4-5,7-10,25,27-28H2,2H3,(H2,26,29)(H,30,31)/b17-13-,18-6+,20-14-. The Morgan fingerprint density at radius 3 is 2.76 bits per heavy atom. The van der Waals surface area contributed by atoms with Gasteiger partial charge in [0.25, 0.3) is 0 Å². The Morgan fingerprint density at radius 1 is 1.44 bits per heavy atom. The average molecular weight is 476 g/mol. The van der Waals surface area contributed by atoms with E-state index in [1.165, 1.54) is 29.6 Å². The number of aromatic nitrogens is 1. The quantitative estimate of drug-likeness (QED) is 0.112. The molecule has 0 aromatic carbocycles. The van der Waals surface area contributed by atoms with Crippen LogP contribution in [0, 0.1) is 0 Å². The molecule has 1 saturated heterocycles. The molecule has 0 bridgehead atoms. The molecule has 12 heteroatoms. The first-order chi connectivity index (χ1) is 16.2. The number of hydrogen-bond donors (Lipinski definition) is 5. The van der Waals surface area contributed by atoms with Crippen LogP contribution in [0.3, 0.4) is 0 Å². The smallest absolute Gasteiger partial charge is 0.222 e. The van der Waals surface area contributed by atoms with Crippen molar-refractivity contribution in [1.82, 2.24) is 20.3 Å². The largest absolute Gasteiger partial charge is 0.397 e. The van der Waals surface area contributed by atoms with Crippen LogP contribution in [-0.2, 0) is 4.79 Å². The molecule has 0 atom stereocenters. The molecule has 0 spiro atoms. The SMILES string of the molecule is C=C/C=C(N=C(NN)c1cc(/C(N)=C/N(N)CCCN2CCCC2=O)cnc1N)\C(F)=C(/C)F. The number of rotatable bonds is 10. The fourth-order valence-corrected chi connectivity index (χ4v) is 3.26. The van der Waals surface area contributed by atoms with Crippen molar-refractivity contribution in [3.8, 4) is 0 Å². The van der Waals surface area contributed by atoms with Crippen LogP contribution < -0.4 is 28.6 Å². The lowest BCUT2D eigenvalue weighted by Gasteiger charge is -2.19. The van der Waals surface area contributed by atoms with Crippen molar-refractivity contribution >= 4 is 23.3 Å². The number of anilines is 1. The number of halogens is 2. The number of pyridine rings is 1. The Hall–Kier alpha value is -3.77. The topological polar surface area (TPSA) is 165 Å². The van der Waals surface area contributed by atoms with Gasteiger partial charge in [0.15, 0.2) is 11.7 Å². The number of nitrogens with zero attached hydrogens (tertiary/aromatic N) is 4. The van der Waals surface area contributed by atoms with E-state index in [1.54, 1.807) is 6.07 Å². The van der Waals surface area contributed by atoms with Crippen molar-refractivity contribution in [3.63, 3.8) is 0 Å². The molecule has 0 saturated carbocycles. The summed E-state index contributed by atoms with van der Waals surface area (Å²) in [7, 11) is 0. The lowest BCUT2D eigenvalue weighted by Crippen LogP contribution is -2.32. The number of hydrogen-bond acceptors (Lipinski definition) is 8. The van der Waals surface area contributed by atoms with E-state index >= 15 is 0 Å². The van der Waals surface area contributed by atoms with Gasteiger partial charge < -0.3 is 26.8 Å². The Morgan fingerprint density at radius 2 is 2.18 bits per heavy atom. The van der Waals surface area contributed by atoms with Crippen molar-refractivity contribution in [2.24, 2.45) is 22.4 Å². The molecule has 1 aromatic rings. The minimum absolute atomic E-state index is 0.0347.